The van der Waals surface area contributed by atoms with Crippen LogP contribution >= 0.6 is 8.03 Å². The molecular formula is C31H31NO8P+. The zero-order chi connectivity index (χ0) is 29.2. The third-order valence-electron chi connectivity index (χ3n) is 6.88. The topological polar surface area (TPSA) is 127 Å². The number of amides is 2. The van der Waals surface area contributed by atoms with Crippen LogP contribution in [0.2, 0.25) is 0 Å². The van der Waals surface area contributed by atoms with Gasteiger partial charge >= 0.3 is 20.0 Å². The number of unbranched alkanes of at least 4 members (excludes halogenated alkanes) is 2. The number of hydrogen-bond donors (Lipinski definition) is 1. The number of fused-ring (bicyclic) bond motifs is 1. The van der Waals surface area contributed by atoms with Gasteiger partial charge < -0.3 is 9.47 Å². The molecule has 212 valence electrons. The summed E-state index contributed by atoms with van der Waals surface area (Å²) < 4.78 is 23.2. The molecule has 2 amide bonds. The van der Waals surface area contributed by atoms with E-state index in [9.17, 15) is 28.6 Å². The molecule has 41 heavy (non-hydrogen) atoms. The van der Waals surface area contributed by atoms with E-state index in [1.807, 2.05) is 12.1 Å². The van der Waals surface area contributed by atoms with Gasteiger partial charge in [0.15, 0.2) is 0 Å². The fourth-order valence-corrected chi connectivity index (χ4v) is 5.60. The molecule has 0 spiro atoms. The van der Waals surface area contributed by atoms with Crippen molar-refractivity contribution in [1.29, 1.82) is 0 Å². The molecule has 1 aliphatic heterocycles. The van der Waals surface area contributed by atoms with Gasteiger partial charge in [0.1, 0.15) is 13.2 Å². The molecular weight excluding hydrogens is 545 g/mol. The third kappa shape index (κ3) is 7.72. The van der Waals surface area contributed by atoms with E-state index in [0.717, 1.165) is 0 Å². The number of carbonyl (C=O) groups is 4. The summed E-state index contributed by atoms with van der Waals surface area (Å²) in [6, 6.07) is 24.4. The fourth-order valence-electron chi connectivity index (χ4n) is 4.69. The highest BCUT2D eigenvalue weighted by atomic mass is 31.1. The summed E-state index contributed by atoms with van der Waals surface area (Å²) >= 11 is 0. The minimum absolute atomic E-state index is 0.0688. The highest BCUT2D eigenvalue weighted by molar-refractivity contribution is 7.39. The van der Waals surface area contributed by atoms with E-state index in [1.165, 1.54) is 4.90 Å². The number of imide groups is 1. The number of carbonyl (C=O) groups excluding carboxylic acids is 4. The van der Waals surface area contributed by atoms with Crippen LogP contribution in [0.4, 0.5) is 0 Å². The number of benzene rings is 3. The highest BCUT2D eigenvalue weighted by Crippen LogP contribution is 2.35. The average molecular weight is 577 g/mol. The lowest BCUT2D eigenvalue weighted by Crippen LogP contribution is -2.36. The molecule has 0 fully saturated rings. The number of rotatable bonds is 14. The molecule has 10 heteroatoms. The smallest absolute Gasteiger partial charge is 0.460 e. The van der Waals surface area contributed by atoms with Crippen molar-refractivity contribution in [3.05, 3.63) is 107 Å². The second kappa shape index (κ2) is 14.4. The van der Waals surface area contributed by atoms with E-state index < -0.39 is 31.5 Å². The molecule has 0 bridgehead atoms. The minimum Gasteiger partial charge on any atom is -0.460 e. The summed E-state index contributed by atoms with van der Waals surface area (Å²) in [6.07, 6.45) is 1.41. The van der Waals surface area contributed by atoms with Crippen molar-refractivity contribution < 1.29 is 38.1 Å². The van der Waals surface area contributed by atoms with E-state index in [2.05, 4.69) is 0 Å². The number of nitrogens with zero attached hydrogens (tertiary/aromatic N) is 1. The van der Waals surface area contributed by atoms with Crippen LogP contribution in [0.1, 0.15) is 57.5 Å². The normalized spacial score (nSPS) is 13.6. The van der Waals surface area contributed by atoms with Gasteiger partial charge in [0.2, 0.25) is 11.6 Å². The molecule has 2 atom stereocenters. The van der Waals surface area contributed by atoms with Crippen LogP contribution in [0.3, 0.4) is 0 Å². The maximum atomic E-state index is 13.1. The van der Waals surface area contributed by atoms with Gasteiger partial charge in [0.05, 0.1) is 11.1 Å². The first-order valence-electron chi connectivity index (χ1n) is 13.4. The number of hydrogen-bond acceptors (Lipinski definition) is 7. The Bertz CT molecular complexity index is 1300. The van der Waals surface area contributed by atoms with E-state index in [-0.39, 0.29) is 38.0 Å². The molecule has 0 aliphatic carbocycles. The van der Waals surface area contributed by atoms with E-state index in [0.29, 0.717) is 41.5 Å². The Balaban J connectivity index is 1.37. The summed E-state index contributed by atoms with van der Waals surface area (Å²) in [5, 5.41) is 0. The Hall–Kier alpha value is -4.20. The Labute approximate surface area is 239 Å². The maximum absolute atomic E-state index is 13.1. The second-order valence-electron chi connectivity index (χ2n) is 9.69. The molecule has 0 radical (unpaired) electrons. The second-order valence-corrected chi connectivity index (χ2v) is 11.0. The molecule has 1 heterocycles. The van der Waals surface area contributed by atoms with Crippen molar-refractivity contribution in [2.75, 3.05) is 6.54 Å². The molecule has 0 aromatic heterocycles. The summed E-state index contributed by atoms with van der Waals surface area (Å²) in [7, 11) is -2.94. The average Bonchev–Trinajstić information content (AvgIpc) is 3.23. The Morgan fingerprint density at radius 3 is 1.63 bits per heavy atom. The van der Waals surface area contributed by atoms with Crippen molar-refractivity contribution in [3.8, 4) is 0 Å². The van der Waals surface area contributed by atoms with Crippen LogP contribution in [-0.2, 0) is 36.8 Å². The quantitative estimate of drug-likeness (QED) is 0.0929. The molecule has 3 aromatic rings. The van der Waals surface area contributed by atoms with Crippen LogP contribution in [0.15, 0.2) is 84.9 Å². The Morgan fingerprint density at radius 2 is 1.17 bits per heavy atom. The molecule has 1 N–H and O–H groups in total. The molecule has 1 unspecified atom stereocenters. The summed E-state index contributed by atoms with van der Waals surface area (Å²) in [6.45, 7) is -0.00135. The van der Waals surface area contributed by atoms with E-state index in [4.69, 9.17) is 9.47 Å². The molecule has 1 aliphatic rings. The molecule has 0 saturated heterocycles. The lowest BCUT2D eigenvalue weighted by Gasteiger charge is -2.18. The Morgan fingerprint density at radius 1 is 0.707 bits per heavy atom. The summed E-state index contributed by atoms with van der Waals surface area (Å²) in [4.78, 5) is 62.7. The zero-order valence-electron chi connectivity index (χ0n) is 22.4. The van der Waals surface area contributed by atoms with Crippen molar-refractivity contribution in [3.63, 3.8) is 0 Å². The van der Waals surface area contributed by atoms with E-state index >= 15 is 0 Å². The lowest BCUT2D eigenvalue weighted by atomic mass is 9.99. The highest BCUT2D eigenvalue weighted by Gasteiger charge is 2.48. The molecule has 4 rings (SSSR count). The van der Waals surface area contributed by atoms with Crippen LogP contribution in [0, 0.1) is 5.92 Å². The van der Waals surface area contributed by atoms with Crippen LogP contribution in [0.25, 0.3) is 0 Å². The standard InChI is InChI=1S/C31H30NO8P/c33-28-24-16-9-10-17-25(24)29(34)32(28)19-11-3-8-18-26(41(37)38)27(30(35)39-20-22-12-4-1-5-13-22)31(36)40-21-23-14-6-2-7-15-23/h1-2,4-7,9-10,12-17,26-27H,3,8,11,18-21H2/p+1/t26-/m1/s1. The van der Waals surface area contributed by atoms with Crippen molar-refractivity contribution in [2.24, 2.45) is 5.92 Å². The zero-order valence-corrected chi connectivity index (χ0v) is 23.3. The van der Waals surface area contributed by atoms with Gasteiger partial charge in [0.25, 0.3) is 11.8 Å². The Kier molecular flexibility index (Phi) is 10.5. The first kappa shape index (κ1) is 29.8. The van der Waals surface area contributed by atoms with Crippen LogP contribution < -0.4 is 0 Å². The monoisotopic (exact) mass is 576 g/mol. The van der Waals surface area contributed by atoms with Gasteiger partial charge in [-0.25, -0.2) is 0 Å². The molecule has 9 nitrogen and oxygen atoms in total. The third-order valence-corrected chi connectivity index (χ3v) is 8.01. The SMILES string of the molecule is O=C(OCc1ccccc1)C(C(=O)OCc1ccccc1)[C@@H](CCCCCN1C(=O)c2ccccc2C1=O)[P+](=O)O. The number of esters is 2. The fraction of sp³-hybridized carbons (Fsp3) is 0.290. The predicted octanol–water partition coefficient (Wildman–Crippen LogP) is 5.05. The van der Waals surface area contributed by atoms with Gasteiger partial charge in [-0.3, -0.25) is 24.1 Å². The first-order chi connectivity index (χ1) is 19.9. The maximum Gasteiger partial charge on any atom is 0.510 e. The lowest BCUT2D eigenvalue weighted by molar-refractivity contribution is -0.164. The first-order valence-corrected chi connectivity index (χ1v) is 14.7. The van der Waals surface area contributed by atoms with Gasteiger partial charge in [-0.1, -0.05) is 79.2 Å². The van der Waals surface area contributed by atoms with E-state index in [1.54, 1.807) is 72.8 Å². The molecule has 3 aromatic carbocycles. The van der Waals surface area contributed by atoms with Gasteiger partial charge in [0, 0.05) is 6.54 Å². The van der Waals surface area contributed by atoms with Crippen molar-refractivity contribution in [2.45, 2.75) is 44.6 Å². The minimum atomic E-state index is -2.94. The summed E-state index contributed by atoms with van der Waals surface area (Å²) in [5.41, 5.74) is 0.933. The van der Waals surface area contributed by atoms with Crippen LogP contribution in [-0.4, -0.2) is 45.8 Å². The van der Waals surface area contributed by atoms with Crippen molar-refractivity contribution >= 4 is 31.8 Å². The largest absolute Gasteiger partial charge is 0.510 e. The van der Waals surface area contributed by atoms with Crippen molar-refractivity contribution in [1.82, 2.24) is 4.90 Å². The predicted molar refractivity (Wildman–Crippen MR) is 150 cm³/mol. The van der Waals surface area contributed by atoms with Crippen LogP contribution in [0.5, 0.6) is 0 Å². The van der Waals surface area contributed by atoms with Gasteiger partial charge in [-0.15, -0.1) is 0 Å². The molecule has 0 saturated carbocycles. The van der Waals surface area contributed by atoms with Gasteiger partial charge in [-0.2, -0.15) is 4.89 Å². The summed E-state index contributed by atoms with van der Waals surface area (Å²) in [5.74, 6) is -4.14. The van der Waals surface area contributed by atoms with Gasteiger partial charge in [-0.05, 0) is 47.1 Å². The number of ether oxygens (including phenoxy) is 2.